The minimum Gasteiger partial charge on any atom is -0.282 e. The lowest BCUT2D eigenvalue weighted by Gasteiger charge is -2.30. The second-order valence-corrected chi connectivity index (χ2v) is 29.8. The first-order valence-corrected chi connectivity index (χ1v) is 34.2. The quantitative estimate of drug-likeness (QED) is 0.0748. The zero-order chi connectivity index (χ0) is 63.6. The molecule has 0 atom stereocenters. The van der Waals surface area contributed by atoms with Gasteiger partial charge in [-0.15, -0.1) is 0 Å². The second-order valence-electron chi connectivity index (χ2n) is 24.1. The van der Waals surface area contributed by atoms with Crippen molar-refractivity contribution in [3.63, 3.8) is 0 Å². The summed E-state index contributed by atoms with van der Waals surface area (Å²) < 4.78 is 141. The van der Waals surface area contributed by atoms with Gasteiger partial charge in [-0.1, -0.05) is 211 Å². The van der Waals surface area contributed by atoms with Crippen LogP contribution in [0.2, 0.25) is 0 Å². The summed E-state index contributed by atoms with van der Waals surface area (Å²) in [4.78, 5) is -1.19. The molecule has 0 aliphatic rings. The van der Waals surface area contributed by atoms with Crippen molar-refractivity contribution in [3.8, 4) is 89.0 Å². The van der Waals surface area contributed by atoms with E-state index in [9.17, 15) is 51.9 Å². The number of fused-ring (bicyclic) bond motifs is 1. The van der Waals surface area contributed by atoms with E-state index < -0.39 is 45.9 Å². The van der Waals surface area contributed by atoms with Crippen LogP contribution in [0.25, 0.3) is 99.8 Å². The standard InChI is InChI=1S/C73H62O12S4/c1-72(2,3)64-42-33-54(60-19-13-14-20-61(60)64)43-55-44-62(46-25-34-56(35-26-46)86(74,75)76)67(70(48-15-9-7-10-16-48)66(55)50-29-38-58(39-30-50)88(80,81)82)51-21-23-52(24-22-51)68-63(47-27-36-57(37-28-47)87(77,78)79)45-65(73(4,5)6)69(71(68)49-17-11-8-12-18-49)53-31-40-59(41-32-53)89(83,84)85/h7-42,44-45H,43H2,1-6H3,(H,74,75,76)(H,77,78,79)(H,80,81,82)(H,83,84,85). The van der Waals surface area contributed by atoms with Gasteiger partial charge in [0.05, 0.1) is 19.6 Å². The van der Waals surface area contributed by atoms with Crippen molar-refractivity contribution in [1.29, 1.82) is 0 Å². The molecule has 0 aliphatic carbocycles. The predicted molar refractivity (Wildman–Crippen MR) is 353 cm³/mol. The molecule has 0 spiro atoms. The summed E-state index contributed by atoms with van der Waals surface area (Å²) in [5.74, 6) is 0. The Balaban J connectivity index is 1.26. The monoisotopic (exact) mass is 1260 g/mol. The van der Waals surface area contributed by atoms with E-state index in [4.69, 9.17) is 0 Å². The van der Waals surface area contributed by atoms with Gasteiger partial charge >= 0.3 is 0 Å². The highest BCUT2D eigenvalue weighted by molar-refractivity contribution is 7.86. The topological polar surface area (TPSA) is 217 Å². The lowest BCUT2D eigenvalue weighted by molar-refractivity contribution is 0.481. The molecule has 0 heterocycles. The normalized spacial score (nSPS) is 12.6. The molecule has 11 aromatic carbocycles. The molecule has 16 heteroatoms. The first-order valence-electron chi connectivity index (χ1n) is 28.4. The molecule has 0 bridgehead atoms. The van der Waals surface area contributed by atoms with E-state index in [0.717, 1.165) is 66.4 Å². The molecule has 11 rings (SSSR count). The Morgan fingerprint density at radius 2 is 0.573 bits per heavy atom. The van der Waals surface area contributed by atoms with Crippen molar-refractivity contribution in [2.75, 3.05) is 0 Å². The Kier molecular flexibility index (Phi) is 16.3. The van der Waals surface area contributed by atoms with Gasteiger partial charge in [0.15, 0.2) is 0 Å². The third-order valence-corrected chi connectivity index (χ3v) is 19.6. The molecule has 0 amide bonds. The Hall–Kier alpha value is -8.68. The van der Waals surface area contributed by atoms with Gasteiger partial charge in [-0.05, 0) is 200 Å². The maximum atomic E-state index is 12.6. The summed E-state index contributed by atoms with van der Waals surface area (Å²) >= 11 is 0. The van der Waals surface area contributed by atoms with Gasteiger partial charge in [0, 0.05) is 0 Å². The first-order chi connectivity index (χ1) is 41.9. The van der Waals surface area contributed by atoms with Crippen LogP contribution in [0.1, 0.15) is 63.8 Å². The Morgan fingerprint density at radius 3 is 0.955 bits per heavy atom. The molecule has 0 unspecified atom stereocenters. The van der Waals surface area contributed by atoms with E-state index in [1.807, 2.05) is 103 Å². The summed E-state index contributed by atoms with van der Waals surface area (Å²) in [6.45, 7) is 12.7. The predicted octanol–water partition coefficient (Wildman–Crippen LogP) is 17.3. The van der Waals surface area contributed by atoms with E-state index in [1.165, 1.54) is 48.5 Å². The number of hydrogen-bond acceptors (Lipinski definition) is 8. The van der Waals surface area contributed by atoms with E-state index in [2.05, 4.69) is 71.9 Å². The maximum absolute atomic E-state index is 12.6. The highest BCUT2D eigenvalue weighted by atomic mass is 32.2. The molecule has 4 N–H and O–H groups in total. The fourth-order valence-electron chi connectivity index (χ4n) is 12.0. The van der Waals surface area contributed by atoms with Gasteiger partial charge in [0.2, 0.25) is 0 Å². The van der Waals surface area contributed by atoms with Gasteiger partial charge in [0.25, 0.3) is 40.5 Å². The Labute approximate surface area is 519 Å². The van der Waals surface area contributed by atoms with Crippen molar-refractivity contribution < 1.29 is 51.9 Å². The number of hydrogen-bond donors (Lipinski definition) is 4. The molecule has 11 aromatic rings. The van der Waals surface area contributed by atoms with Crippen LogP contribution in [0.3, 0.4) is 0 Å². The largest absolute Gasteiger partial charge is 0.294 e. The molecule has 0 saturated heterocycles. The van der Waals surface area contributed by atoms with Crippen LogP contribution in [0.4, 0.5) is 0 Å². The molecule has 0 radical (unpaired) electrons. The van der Waals surface area contributed by atoms with E-state index in [1.54, 1.807) is 48.5 Å². The third kappa shape index (κ3) is 12.7. The zero-order valence-corrected chi connectivity index (χ0v) is 52.6. The lowest BCUT2D eigenvalue weighted by atomic mass is 9.73. The molecule has 450 valence electrons. The maximum Gasteiger partial charge on any atom is 0.294 e. The molecule has 0 aromatic heterocycles. The van der Waals surface area contributed by atoms with Crippen LogP contribution in [0, 0.1) is 0 Å². The highest BCUT2D eigenvalue weighted by Crippen LogP contribution is 2.53. The molecular weight excluding hydrogens is 1200 g/mol. The SMILES string of the molecule is CC(C)(C)c1cc(-c2ccc(S(=O)(=O)O)cc2)c(-c2ccc(-c3c(-c4ccc(S(=O)(=O)O)cc4)cc(Cc4ccc(C(C)(C)C)c5ccccc45)c(-c4ccc(S(=O)(=O)O)cc4)c3-c3ccccc3)cc2)c(-c2ccccc2)c1-c1ccc(S(=O)(=O)O)cc1. The first kappa shape index (κ1) is 61.9. The van der Waals surface area contributed by atoms with Crippen LogP contribution in [0.5, 0.6) is 0 Å². The van der Waals surface area contributed by atoms with Crippen molar-refractivity contribution in [2.24, 2.45) is 0 Å². The third-order valence-electron chi connectivity index (χ3n) is 16.1. The molecule has 0 saturated carbocycles. The Morgan fingerprint density at radius 1 is 0.270 bits per heavy atom. The van der Waals surface area contributed by atoms with Gasteiger partial charge in [-0.2, -0.15) is 33.7 Å². The fraction of sp³-hybridized carbons (Fsp3) is 0.123. The smallest absolute Gasteiger partial charge is 0.282 e. The summed E-state index contributed by atoms with van der Waals surface area (Å²) in [5.41, 5.74) is 14.2. The van der Waals surface area contributed by atoms with Gasteiger partial charge in [-0.25, -0.2) is 0 Å². The molecule has 89 heavy (non-hydrogen) atoms. The van der Waals surface area contributed by atoms with Crippen molar-refractivity contribution >= 4 is 51.2 Å². The lowest BCUT2D eigenvalue weighted by Crippen LogP contribution is -2.15. The average Bonchev–Trinajstić information content (AvgIpc) is 0.748. The second kappa shape index (κ2) is 23.4. The van der Waals surface area contributed by atoms with Crippen molar-refractivity contribution in [3.05, 3.63) is 253 Å². The van der Waals surface area contributed by atoms with Gasteiger partial charge in [0.1, 0.15) is 0 Å². The molecule has 0 fully saturated rings. The van der Waals surface area contributed by atoms with E-state index in [0.29, 0.717) is 62.1 Å². The molecular formula is C73H62O12S4. The Bertz CT molecular complexity index is 5020. The van der Waals surface area contributed by atoms with E-state index in [-0.39, 0.29) is 25.0 Å². The van der Waals surface area contributed by atoms with Crippen LogP contribution < -0.4 is 0 Å². The minimum atomic E-state index is -4.62. The van der Waals surface area contributed by atoms with Gasteiger partial charge < -0.3 is 0 Å². The molecule has 12 nitrogen and oxygen atoms in total. The molecule has 0 aliphatic heterocycles. The fourth-order valence-corrected chi connectivity index (χ4v) is 13.9. The highest BCUT2D eigenvalue weighted by Gasteiger charge is 2.31. The van der Waals surface area contributed by atoms with Crippen LogP contribution >= 0.6 is 0 Å². The summed E-state index contributed by atoms with van der Waals surface area (Å²) in [6.07, 6.45) is 0.358. The summed E-state index contributed by atoms with van der Waals surface area (Å²) in [5, 5.41) is 2.12. The van der Waals surface area contributed by atoms with Crippen LogP contribution in [-0.2, 0) is 57.7 Å². The van der Waals surface area contributed by atoms with Gasteiger partial charge in [-0.3, -0.25) is 18.2 Å². The van der Waals surface area contributed by atoms with Crippen molar-refractivity contribution in [2.45, 2.75) is 78.4 Å². The number of benzene rings is 11. The van der Waals surface area contributed by atoms with Crippen molar-refractivity contribution in [1.82, 2.24) is 0 Å². The van der Waals surface area contributed by atoms with E-state index >= 15 is 0 Å². The summed E-state index contributed by atoms with van der Waals surface area (Å²) in [6, 6.07) is 68.0. The van der Waals surface area contributed by atoms with Crippen LogP contribution in [-0.4, -0.2) is 51.9 Å². The summed E-state index contributed by atoms with van der Waals surface area (Å²) in [7, 11) is -18.4. The minimum absolute atomic E-state index is 0.197. The number of rotatable bonds is 14. The average molecular weight is 1260 g/mol. The van der Waals surface area contributed by atoms with Crippen LogP contribution in [0.15, 0.2) is 250 Å². The zero-order valence-electron chi connectivity index (χ0n) is 49.3.